The highest BCUT2D eigenvalue weighted by Crippen LogP contribution is 2.12. The Morgan fingerprint density at radius 2 is 2.44 bits per heavy atom. The second kappa shape index (κ2) is 5.47. The predicted octanol–water partition coefficient (Wildman–Crippen LogP) is 0.597. The van der Waals surface area contributed by atoms with E-state index in [-0.39, 0.29) is 11.5 Å². The zero-order valence-electron chi connectivity index (χ0n) is 9.77. The van der Waals surface area contributed by atoms with Crippen molar-refractivity contribution in [3.63, 3.8) is 0 Å². The van der Waals surface area contributed by atoms with E-state index in [4.69, 9.17) is 0 Å². The summed E-state index contributed by atoms with van der Waals surface area (Å²) in [7, 11) is 0. The van der Waals surface area contributed by atoms with Crippen LogP contribution in [-0.2, 0) is 11.3 Å². The molecular weight excluding hydrogens is 250 g/mol. The summed E-state index contributed by atoms with van der Waals surface area (Å²) in [6, 6.07) is 1.81. The van der Waals surface area contributed by atoms with Gasteiger partial charge in [0.2, 0.25) is 0 Å². The van der Waals surface area contributed by atoms with Crippen LogP contribution in [0.1, 0.15) is 6.92 Å². The first kappa shape index (κ1) is 12.3. The Balaban J connectivity index is 2.07. The quantitative estimate of drug-likeness (QED) is 0.823. The van der Waals surface area contributed by atoms with Crippen molar-refractivity contribution in [3.05, 3.63) is 28.1 Å². The molecule has 0 fully saturated rings. The number of thiophene rings is 1. The van der Waals surface area contributed by atoms with Gasteiger partial charge in [0, 0.05) is 13.1 Å². The van der Waals surface area contributed by atoms with Gasteiger partial charge < -0.3 is 5.32 Å². The van der Waals surface area contributed by atoms with Gasteiger partial charge in [-0.25, -0.2) is 4.98 Å². The molecule has 0 bridgehead atoms. The number of amides is 1. The van der Waals surface area contributed by atoms with Gasteiger partial charge in [0.05, 0.1) is 11.8 Å². The fourth-order valence-electron chi connectivity index (χ4n) is 1.49. The lowest BCUT2D eigenvalue weighted by molar-refractivity contribution is -0.115. The highest BCUT2D eigenvalue weighted by molar-refractivity contribution is 7.17. The minimum absolute atomic E-state index is 0.0779. The lowest BCUT2D eigenvalue weighted by Crippen LogP contribution is -2.29. The van der Waals surface area contributed by atoms with Crippen LogP contribution in [0.25, 0.3) is 10.2 Å². The van der Waals surface area contributed by atoms with Crippen molar-refractivity contribution >= 4 is 27.5 Å². The molecule has 5 nitrogen and oxygen atoms in total. The normalized spacial score (nSPS) is 9.83. The van der Waals surface area contributed by atoms with Crippen LogP contribution in [0.3, 0.4) is 0 Å². The third kappa shape index (κ3) is 2.57. The van der Waals surface area contributed by atoms with Gasteiger partial charge in [0.1, 0.15) is 4.70 Å². The molecule has 0 unspecified atom stereocenters. The summed E-state index contributed by atoms with van der Waals surface area (Å²) in [6.07, 6.45) is 1.50. The second-order valence-corrected chi connectivity index (χ2v) is 4.43. The molecule has 0 atom stereocenters. The van der Waals surface area contributed by atoms with Crippen molar-refractivity contribution in [2.75, 3.05) is 6.54 Å². The molecule has 1 amide bonds. The molecule has 0 aliphatic carbocycles. The maximum Gasteiger partial charge on any atom is 0.295 e. The maximum absolute atomic E-state index is 12.0. The highest BCUT2D eigenvalue weighted by Gasteiger charge is 2.04. The Morgan fingerprint density at radius 1 is 1.61 bits per heavy atom. The minimum atomic E-state index is -0.337. The van der Waals surface area contributed by atoms with E-state index in [0.717, 1.165) is 0 Å². The van der Waals surface area contributed by atoms with E-state index < -0.39 is 0 Å². The van der Waals surface area contributed by atoms with Gasteiger partial charge in [-0.1, -0.05) is 5.92 Å². The van der Waals surface area contributed by atoms with E-state index in [9.17, 15) is 9.59 Å². The van der Waals surface area contributed by atoms with E-state index in [0.29, 0.717) is 23.3 Å². The van der Waals surface area contributed by atoms with Crippen molar-refractivity contribution in [1.29, 1.82) is 0 Å². The first-order valence-electron chi connectivity index (χ1n) is 5.35. The fraction of sp³-hybridized carbons (Fsp3) is 0.250. The largest absolute Gasteiger partial charge is 0.343 e. The number of carbonyl (C=O) groups is 1. The Bertz CT molecular complexity index is 690. The van der Waals surface area contributed by atoms with Crippen molar-refractivity contribution in [2.45, 2.75) is 13.5 Å². The first-order chi connectivity index (χ1) is 8.72. The Hall–Kier alpha value is -2.13. The average molecular weight is 261 g/mol. The minimum Gasteiger partial charge on any atom is -0.343 e. The van der Waals surface area contributed by atoms with Crippen LogP contribution >= 0.6 is 11.3 Å². The van der Waals surface area contributed by atoms with Crippen molar-refractivity contribution in [1.82, 2.24) is 14.9 Å². The van der Waals surface area contributed by atoms with E-state index in [1.165, 1.54) is 22.2 Å². The van der Waals surface area contributed by atoms with Gasteiger partial charge in [-0.3, -0.25) is 14.2 Å². The molecule has 0 radical (unpaired) electrons. The molecule has 0 aliphatic heterocycles. The number of fused-ring (bicyclic) bond motifs is 1. The number of aromatic nitrogens is 2. The van der Waals surface area contributed by atoms with Gasteiger partial charge in [-0.2, -0.15) is 0 Å². The van der Waals surface area contributed by atoms with Gasteiger partial charge >= 0.3 is 0 Å². The molecule has 0 aliphatic rings. The summed E-state index contributed by atoms with van der Waals surface area (Å²) in [5.74, 6) is 4.54. The molecule has 0 saturated carbocycles. The maximum atomic E-state index is 12.0. The predicted molar refractivity (Wildman–Crippen MR) is 70.3 cm³/mol. The van der Waals surface area contributed by atoms with Crippen molar-refractivity contribution < 1.29 is 4.79 Å². The topological polar surface area (TPSA) is 64.0 Å². The number of nitrogens with one attached hydrogen (secondary N) is 1. The molecule has 2 rings (SSSR count). The SMILES string of the molecule is CC#CC(=O)NCCn1cnc2ccsc2c1=O. The standard InChI is InChI=1S/C12H11N3O2S/c1-2-3-10(16)13-5-6-15-8-14-9-4-7-18-11(9)12(15)17/h4,7-8H,5-6H2,1H3,(H,13,16). The molecule has 1 N–H and O–H groups in total. The van der Waals surface area contributed by atoms with Crippen LogP contribution in [0.2, 0.25) is 0 Å². The number of rotatable bonds is 3. The van der Waals surface area contributed by atoms with Crippen LogP contribution in [0.5, 0.6) is 0 Å². The average Bonchev–Trinajstić information content (AvgIpc) is 2.81. The van der Waals surface area contributed by atoms with Gasteiger partial charge in [0.15, 0.2) is 0 Å². The van der Waals surface area contributed by atoms with E-state index >= 15 is 0 Å². The van der Waals surface area contributed by atoms with Crippen molar-refractivity contribution in [2.24, 2.45) is 0 Å². The number of nitrogens with zero attached hydrogens (tertiary/aromatic N) is 2. The first-order valence-corrected chi connectivity index (χ1v) is 6.23. The summed E-state index contributed by atoms with van der Waals surface area (Å²) in [6.45, 7) is 2.33. The van der Waals surface area contributed by atoms with Gasteiger partial charge in [-0.05, 0) is 24.3 Å². The molecule has 92 valence electrons. The molecule has 2 aromatic rings. The van der Waals surface area contributed by atoms with E-state index in [1.54, 1.807) is 6.92 Å². The van der Waals surface area contributed by atoms with Crippen molar-refractivity contribution in [3.8, 4) is 11.8 Å². The van der Waals surface area contributed by atoms with E-state index in [1.807, 2.05) is 11.4 Å². The zero-order chi connectivity index (χ0) is 13.0. The van der Waals surface area contributed by atoms with E-state index in [2.05, 4.69) is 22.1 Å². The Morgan fingerprint density at radius 3 is 3.22 bits per heavy atom. The lowest BCUT2D eigenvalue weighted by Gasteiger charge is -2.04. The van der Waals surface area contributed by atoms with Crippen LogP contribution < -0.4 is 10.9 Å². The number of hydrogen-bond acceptors (Lipinski definition) is 4. The molecule has 2 aromatic heterocycles. The molecule has 6 heteroatoms. The van der Waals surface area contributed by atoms with Crippen LogP contribution in [0.15, 0.2) is 22.6 Å². The molecule has 0 aromatic carbocycles. The summed E-state index contributed by atoms with van der Waals surface area (Å²) in [5, 5.41) is 4.44. The Labute approximate surface area is 107 Å². The monoisotopic (exact) mass is 261 g/mol. The molecule has 0 spiro atoms. The summed E-state index contributed by atoms with van der Waals surface area (Å²) < 4.78 is 2.12. The van der Waals surface area contributed by atoms with Gasteiger partial charge in [-0.15, -0.1) is 11.3 Å². The molecule has 0 saturated heterocycles. The fourth-order valence-corrected chi connectivity index (χ4v) is 2.28. The second-order valence-electron chi connectivity index (χ2n) is 3.51. The third-order valence-electron chi connectivity index (χ3n) is 2.31. The third-order valence-corrected chi connectivity index (χ3v) is 3.20. The molecular formula is C12H11N3O2S. The summed E-state index contributed by atoms with van der Waals surface area (Å²) in [5.41, 5.74) is 0.632. The molecule has 2 heterocycles. The van der Waals surface area contributed by atoms with Crippen LogP contribution in [0, 0.1) is 11.8 Å². The zero-order valence-corrected chi connectivity index (χ0v) is 10.6. The number of hydrogen-bond donors (Lipinski definition) is 1. The van der Waals surface area contributed by atoms with Gasteiger partial charge in [0.25, 0.3) is 11.5 Å². The number of carbonyl (C=O) groups excluding carboxylic acids is 1. The smallest absolute Gasteiger partial charge is 0.295 e. The van der Waals surface area contributed by atoms with Crippen LogP contribution in [0.4, 0.5) is 0 Å². The van der Waals surface area contributed by atoms with Crippen LogP contribution in [-0.4, -0.2) is 22.0 Å². The Kier molecular flexibility index (Phi) is 3.75. The molecule has 18 heavy (non-hydrogen) atoms. The highest BCUT2D eigenvalue weighted by atomic mass is 32.1. The summed E-state index contributed by atoms with van der Waals surface area (Å²) >= 11 is 1.37. The summed E-state index contributed by atoms with van der Waals surface area (Å²) in [4.78, 5) is 27.3. The lowest BCUT2D eigenvalue weighted by atomic mass is 10.4.